The van der Waals surface area contributed by atoms with Crippen LogP contribution in [0.2, 0.25) is 0 Å². The first-order valence-electron chi connectivity index (χ1n) is 5.73. The zero-order valence-corrected chi connectivity index (χ0v) is 16.1. The van der Waals surface area contributed by atoms with Crippen molar-refractivity contribution >= 4 is 65.0 Å². The number of nitrogens with two attached hydrogens (primary N) is 1. The molecule has 2 aromatic rings. The summed E-state index contributed by atoms with van der Waals surface area (Å²) >= 11 is 15.1. The molecule has 0 aliphatic heterocycles. The van der Waals surface area contributed by atoms with E-state index in [1.807, 2.05) is 12.1 Å². The van der Waals surface area contributed by atoms with Crippen molar-refractivity contribution in [2.45, 2.75) is 6.61 Å². The average Bonchev–Trinajstić information content (AvgIpc) is 2.36. The Labute approximate surface area is 152 Å². The molecule has 0 spiro atoms. The maximum Gasteiger partial charge on any atom is 0.148 e. The lowest BCUT2D eigenvalue weighted by Gasteiger charge is -2.12. The first-order chi connectivity index (χ1) is 9.86. The van der Waals surface area contributed by atoms with Gasteiger partial charge in [-0.1, -0.05) is 28.1 Å². The predicted molar refractivity (Wildman–Crippen MR) is 96.2 cm³/mol. The summed E-state index contributed by atoms with van der Waals surface area (Å²) in [4.78, 5) is 0.154. The van der Waals surface area contributed by atoms with Gasteiger partial charge in [-0.05, 0) is 67.8 Å². The van der Waals surface area contributed by atoms with Crippen LogP contribution in [0, 0.1) is 5.82 Å². The van der Waals surface area contributed by atoms with Crippen LogP contribution in [0.4, 0.5) is 4.39 Å². The zero-order valence-electron chi connectivity index (χ0n) is 10.5. The molecule has 21 heavy (non-hydrogen) atoms. The molecule has 0 aromatic heterocycles. The fourth-order valence-corrected chi connectivity index (χ4v) is 4.30. The Bertz CT molecular complexity index is 686. The SMILES string of the molecule is NC(=S)c1cc(F)cc(COc2c(Br)cc(Br)cc2Br)c1. The molecule has 0 saturated heterocycles. The highest BCUT2D eigenvalue weighted by Gasteiger charge is 2.10. The molecule has 0 bridgehead atoms. The Hall–Kier alpha value is -0.500. The summed E-state index contributed by atoms with van der Waals surface area (Å²) in [6, 6.07) is 8.14. The molecule has 110 valence electrons. The summed E-state index contributed by atoms with van der Waals surface area (Å²) in [5.41, 5.74) is 6.66. The van der Waals surface area contributed by atoms with E-state index >= 15 is 0 Å². The Kier molecular flexibility index (Phi) is 5.76. The number of benzene rings is 2. The maximum absolute atomic E-state index is 13.5. The van der Waals surface area contributed by atoms with E-state index in [-0.39, 0.29) is 11.6 Å². The lowest BCUT2D eigenvalue weighted by molar-refractivity contribution is 0.301. The van der Waals surface area contributed by atoms with Crippen molar-refractivity contribution in [3.05, 3.63) is 60.7 Å². The van der Waals surface area contributed by atoms with Crippen LogP contribution < -0.4 is 10.5 Å². The minimum Gasteiger partial charge on any atom is -0.487 e. The molecular weight excluding hydrogens is 489 g/mol. The first kappa shape index (κ1) is 16.9. The summed E-state index contributed by atoms with van der Waals surface area (Å²) in [6.45, 7) is 0.201. The van der Waals surface area contributed by atoms with E-state index in [1.54, 1.807) is 6.07 Å². The molecule has 2 nitrogen and oxygen atoms in total. The van der Waals surface area contributed by atoms with Gasteiger partial charge in [-0.2, -0.15) is 0 Å². The third-order valence-electron chi connectivity index (χ3n) is 2.59. The van der Waals surface area contributed by atoms with Gasteiger partial charge in [0, 0.05) is 10.0 Å². The second-order valence-corrected chi connectivity index (χ2v) is 7.26. The van der Waals surface area contributed by atoms with Gasteiger partial charge in [-0.25, -0.2) is 4.39 Å². The Morgan fingerprint density at radius 3 is 2.29 bits per heavy atom. The van der Waals surface area contributed by atoms with E-state index in [4.69, 9.17) is 22.7 Å². The number of thiocarbonyl (C=S) groups is 1. The maximum atomic E-state index is 13.5. The van der Waals surface area contributed by atoms with Gasteiger partial charge in [0.25, 0.3) is 0 Å². The van der Waals surface area contributed by atoms with E-state index in [9.17, 15) is 4.39 Å². The van der Waals surface area contributed by atoms with Gasteiger partial charge in [0.2, 0.25) is 0 Å². The summed E-state index contributed by atoms with van der Waals surface area (Å²) < 4.78 is 21.7. The fourth-order valence-electron chi connectivity index (χ4n) is 1.70. The smallest absolute Gasteiger partial charge is 0.148 e. The molecule has 0 fully saturated rings. The van der Waals surface area contributed by atoms with Crippen molar-refractivity contribution in [1.82, 2.24) is 0 Å². The van der Waals surface area contributed by atoms with Crippen LogP contribution in [-0.4, -0.2) is 4.99 Å². The minimum atomic E-state index is -0.396. The normalized spacial score (nSPS) is 10.5. The molecule has 0 heterocycles. The third kappa shape index (κ3) is 4.48. The summed E-state index contributed by atoms with van der Waals surface area (Å²) in [5, 5.41) is 0. The lowest BCUT2D eigenvalue weighted by Crippen LogP contribution is -2.10. The van der Waals surface area contributed by atoms with Crippen LogP contribution in [0.5, 0.6) is 5.75 Å². The van der Waals surface area contributed by atoms with E-state index < -0.39 is 5.82 Å². The van der Waals surface area contributed by atoms with Crippen molar-refractivity contribution in [1.29, 1.82) is 0 Å². The van der Waals surface area contributed by atoms with Crippen molar-refractivity contribution in [3.63, 3.8) is 0 Å². The van der Waals surface area contributed by atoms with E-state index in [1.165, 1.54) is 12.1 Å². The van der Waals surface area contributed by atoms with Gasteiger partial charge in [0.1, 0.15) is 23.2 Å². The molecule has 0 amide bonds. The molecule has 0 aliphatic carbocycles. The van der Waals surface area contributed by atoms with E-state index in [0.29, 0.717) is 16.9 Å². The fraction of sp³-hybridized carbons (Fsp3) is 0.0714. The van der Waals surface area contributed by atoms with Gasteiger partial charge >= 0.3 is 0 Å². The quantitative estimate of drug-likeness (QED) is 0.580. The second-order valence-electron chi connectivity index (χ2n) is 4.20. The Morgan fingerprint density at radius 1 is 1.10 bits per heavy atom. The molecule has 2 rings (SSSR count). The molecule has 2 aromatic carbocycles. The number of ether oxygens (including phenoxy) is 1. The highest BCUT2D eigenvalue weighted by Crippen LogP contribution is 2.36. The van der Waals surface area contributed by atoms with Crippen LogP contribution in [0.1, 0.15) is 11.1 Å². The van der Waals surface area contributed by atoms with Gasteiger partial charge in [0.15, 0.2) is 0 Å². The van der Waals surface area contributed by atoms with E-state index in [0.717, 1.165) is 13.4 Å². The number of rotatable bonds is 4. The zero-order chi connectivity index (χ0) is 15.6. The molecule has 0 saturated carbocycles. The van der Waals surface area contributed by atoms with Gasteiger partial charge in [-0.3, -0.25) is 0 Å². The molecule has 0 unspecified atom stereocenters. The second kappa shape index (κ2) is 7.17. The Balaban J connectivity index is 2.23. The van der Waals surface area contributed by atoms with Crippen molar-refractivity contribution < 1.29 is 9.13 Å². The highest BCUT2D eigenvalue weighted by atomic mass is 79.9. The Morgan fingerprint density at radius 2 is 1.71 bits per heavy atom. The standard InChI is InChI=1S/C14H9Br3FNOS/c15-9-4-11(16)13(12(17)5-9)20-6-7-1-8(14(19)21)3-10(18)2-7/h1-5H,6H2,(H2,19,21). The van der Waals surface area contributed by atoms with Gasteiger partial charge < -0.3 is 10.5 Å². The summed E-state index contributed by atoms with van der Waals surface area (Å²) in [5.74, 6) is 0.243. The monoisotopic (exact) mass is 495 g/mol. The number of hydrogen-bond acceptors (Lipinski definition) is 2. The first-order valence-corrected chi connectivity index (χ1v) is 8.52. The molecule has 2 N–H and O–H groups in total. The third-order valence-corrected chi connectivity index (χ3v) is 4.46. The molecule has 0 aliphatic rings. The van der Waals surface area contributed by atoms with Crippen molar-refractivity contribution in [2.75, 3.05) is 0 Å². The number of halogens is 4. The van der Waals surface area contributed by atoms with Crippen LogP contribution in [0.15, 0.2) is 43.7 Å². The van der Waals surface area contributed by atoms with Crippen molar-refractivity contribution in [2.24, 2.45) is 5.73 Å². The molecular formula is C14H9Br3FNOS. The van der Waals surface area contributed by atoms with Crippen LogP contribution in [-0.2, 0) is 6.61 Å². The largest absolute Gasteiger partial charge is 0.487 e. The summed E-state index contributed by atoms with van der Waals surface area (Å²) in [7, 11) is 0. The van der Waals surface area contributed by atoms with E-state index in [2.05, 4.69) is 47.8 Å². The highest BCUT2D eigenvalue weighted by molar-refractivity contribution is 9.11. The topological polar surface area (TPSA) is 35.2 Å². The number of hydrogen-bond donors (Lipinski definition) is 1. The van der Waals surface area contributed by atoms with Gasteiger partial charge in [-0.15, -0.1) is 0 Å². The van der Waals surface area contributed by atoms with Gasteiger partial charge in [0.05, 0.1) is 8.95 Å². The van der Waals surface area contributed by atoms with Crippen LogP contribution in [0.25, 0.3) is 0 Å². The average molecular weight is 498 g/mol. The van der Waals surface area contributed by atoms with Crippen LogP contribution in [0.3, 0.4) is 0 Å². The predicted octanol–water partition coefficient (Wildman–Crippen LogP) is 5.33. The molecule has 7 heteroatoms. The minimum absolute atomic E-state index is 0.154. The summed E-state index contributed by atoms with van der Waals surface area (Å²) in [6.07, 6.45) is 0. The van der Waals surface area contributed by atoms with Crippen LogP contribution >= 0.6 is 60.0 Å². The lowest BCUT2D eigenvalue weighted by atomic mass is 10.1. The molecule has 0 radical (unpaired) electrons. The molecule has 0 atom stereocenters. The van der Waals surface area contributed by atoms with Crippen molar-refractivity contribution in [3.8, 4) is 5.75 Å².